The molecule has 146 valence electrons. The Morgan fingerprint density at radius 1 is 1.07 bits per heavy atom. The van der Waals surface area contributed by atoms with Gasteiger partial charge in [0.25, 0.3) is 5.91 Å². The Kier molecular flexibility index (Phi) is 4.76. The normalized spacial score (nSPS) is 12.1. The summed E-state index contributed by atoms with van der Waals surface area (Å²) in [6.07, 6.45) is 1.68. The molecule has 0 aliphatic rings. The molecule has 1 amide bonds. The van der Waals surface area contributed by atoms with Crippen molar-refractivity contribution in [2.45, 2.75) is 19.9 Å². The zero-order valence-corrected chi connectivity index (χ0v) is 16.5. The molecule has 4 aromatic rings. The van der Waals surface area contributed by atoms with Crippen molar-refractivity contribution in [3.05, 3.63) is 99.2 Å². The minimum Gasteiger partial charge on any atom is -0.451 e. The van der Waals surface area contributed by atoms with Gasteiger partial charge in [-0.3, -0.25) is 14.3 Å². The Labute approximate surface area is 167 Å². The van der Waals surface area contributed by atoms with Gasteiger partial charge in [0.1, 0.15) is 5.58 Å². The second-order valence-electron chi connectivity index (χ2n) is 7.10. The highest BCUT2D eigenvalue weighted by Gasteiger charge is 2.22. The summed E-state index contributed by atoms with van der Waals surface area (Å²) in [6, 6.07) is 15.8. The molecule has 0 saturated heterocycles. The Balaban J connectivity index is 1.74. The number of aryl methyl sites for hydroxylation is 3. The second-order valence-corrected chi connectivity index (χ2v) is 7.10. The third-order valence-electron chi connectivity index (χ3n) is 5.13. The van der Waals surface area contributed by atoms with Crippen LogP contribution in [-0.2, 0) is 7.05 Å². The first-order chi connectivity index (χ1) is 13.9. The maximum absolute atomic E-state index is 13.0. The van der Waals surface area contributed by atoms with Crippen LogP contribution < -0.4 is 10.7 Å². The molecule has 6 heteroatoms. The highest BCUT2D eigenvalue weighted by molar-refractivity contribution is 5.93. The molecule has 1 atom stereocenters. The van der Waals surface area contributed by atoms with E-state index in [-0.39, 0.29) is 11.2 Å². The average molecular weight is 387 g/mol. The lowest BCUT2D eigenvalue weighted by molar-refractivity contribution is 0.0914. The molecule has 0 aliphatic carbocycles. The first-order valence-electron chi connectivity index (χ1n) is 9.33. The van der Waals surface area contributed by atoms with Crippen molar-refractivity contribution in [2.24, 2.45) is 7.05 Å². The molecule has 29 heavy (non-hydrogen) atoms. The van der Waals surface area contributed by atoms with E-state index in [2.05, 4.69) is 10.4 Å². The molecule has 0 spiro atoms. The van der Waals surface area contributed by atoms with Gasteiger partial charge in [-0.2, -0.15) is 5.10 Å². The lowest BCUT2D eigenvalue weighted by Crippen LogP contribution is -2.31. The smallest absolute Gasteiger partial charge is 0.287 e. The molecule has 2 aromatic heterocycles. The van der Waals surface area contributed by atoms with Crippen molar-refractivity contribution >= 4 is 16.9 Å². The summed E-state index contributed by atoms with van der Waals surface area (Å²) in [7, 11) is 1.82. The van der Waals surface area contributed by atoms with Crippen molar-refractivity contribution in [3.63, 3.8) is 0 Å². The number of amides is 1. The first kappa shape index (κ1) is 18.7. The third-order valence-corrected chi connectivity index (χ3v) is 5.13. The highest BCUT2D eigenvalue weighted by atomic mass is 16.3. The average Bonchev–Trinajstić information content (AvgIpc) is 3.13. The van der Waals surface area contributed by atoms with E-state index in [0.29, 0.717) is 11.0 Å². The number of aromatic nitrogens is 2. The number of carbonyl (C=O) groups is 1. The van der Waals surface area contributed by atoms with Crippen LogP contribution in [0.1, 0.15) is 39.0 Å². The van der Waals surface area contributed by atoms with Crippen molar-refractivity contribution in [1.82, 2.24) is 15.1 Å². The molecule has 1 unspecified atom stereocenters. The van der Waals surface area contributed by atoms with E-state index in [1.165, 1.54) is 6.07 Å². The van der Waals surface area contributed by atoms with Crippen LogP contribution in [0.5, 0.6) is 0 Å². The Morgan fingerprint density at radius 2 is 1.79 bits per heavy atom. The maximum atomic E-state index is 13.0. The fraction of sp³-hybridized carbons (Fsp3) is 0.174. The minimum absolute atomic E-state index is 0.0196. The van der Waals surface area contributed by atoms with Gasteiger partial charge in [0.05, 0.1) is 17.1 Å². The lowest BCUT2D eigenvalue weighted by Gasteiger charge is -2.19. The molecule has 4 rings (SSSR count). The van der Waals surface area contributed by atoms with Crippen LogP contribution in [0.2, 0.25) is 0 Å². The van der Waals surface area contributed by atoms with Crippen molar-refractivity contribution in [1.29, 1.82) is 0 Å². The molecule has 0 fully saturated rings. The zero-order chi connectivity index (χ0) is 20.5. The summed E-state index contributed by atoms with van der Waals surface area (Å²) in [4.78, 5) is 25.6. The Bertz CT molecular complexity index is 1260. The summed E-state index contributed by atoms with van der Waals surface area (Å²) in [5.74, 6) is -0.480. The van der Waals surface area contributed by atoms with E-state index in [4.69, 9.17) is 4.42 Å². The highest BCUT2D eigenvalue weighted by Crippen LogP contribution is 2.23. The van der Waals surface area contributed by atoms with Crippen molar-refractivity contribution < 1.29 is 9.21 Å². The standard InChI is InChI=1S/C23H21N3O3/c1-14-11-17-19(27)13-21(29-20(17)12-15(14)2)23(28)25-22(16-7-5-4-6-8-16)18-9-10-24-26(18)3/h4-13,22H,1-3H3,(H,25,28). The fourth-order valence-electron chi connectivity index (χ4n) is 3.37. The zero-order valence-electron chi connectivity index (χ0n) is 16.5. The molecule has 0 aliphatic heterocycles. The van der Waals surface area contributed by atoms with E-state index in [1.807, 2.05) is 57.3 Å². The predicted molar refractivity (Wildman–Crippen MR) is 111 cm³/mol. The number of hydrogen-bond acceptors (Lipinski definition) is 4. The molecule has 0 saturated carbocycles. The fourth-order valence-corrected chi connectivity index (χ4v) is 3.37. The lowest BCUT2D eigenvalue weighted by atomic mass is 10.0. The van der Waals surface area contributed by atoms with E-state index < -0.39 is 11.9 Å². The number of nitrogens with one attached hydrogen (secondary N) is 1. The summed E-state index contributed by atoms with van der Waals surface area (Å²) >= 11 is 0. The van der Waals surface area contributed by atoms with Crippen LogP contribution in [0.25, 0.3) is 11.0 Å². The molecular formula is C23H21N3O3. The summed E-state index contributed by atoms with van der Waals surface area (Å²) < 4.78 is 7.50. The Morgan fingerprint density at radius 3 is 2.48 bits per heavy atom. The number of hydrogen-bond donors (Lipinski definition) is 1. The van der Waals surface area contributed by atoms with E-state index in [1.54, 1.807) is 23.0 Å². The monoisotopic (exact) mass is 387 g/mol. The third kappa shape index (κ3) is 3.57. The van der Waals surface area contributed by atoms with Gasteiger partial charge < -0.3 is 9.73 Å². The van der Waals surface area contributed by atoms with Crippen LogP contribution in [0.3, 0.4) is 0 Å². The van der Waals surface area contributed by atoms with E-state index in [9.17, 15) is 9.59 Å². The van der Waals surface area contributed by atoms with Gasteiger partial charge in [-0.25, -0.2) is 0 Å². The largest absolute Gasteiger partial charge is 0.451 e. The Hall–Kier alpha value is -3.67. The number of rotatable bonds is 4. The van der Waals surface area contributed by atoms with Crippen molar-refractivity contribution in [3.8, 4) is 0 Å². The van der Waals surface area contributed by atoms with Crippen LogP contribution in [0.4, 0.5) is 0 Å². The van der Waals surface area contributed by atoms with Crippen LogP contribution >= 0.6 is 0 Å². The number of carbonyl (C=O) groups excluding carboxylic acids is 1. The molecule has 1 N–H and O–H groups in total. The van der Waals surface area contributed by atoms with Gasteiger partial charge in [0, 0.05) is 19.3 Å². The maximum Gasteiger partial charge on any atom is 0.287 e. The summed E-state index contributed by atoms with van der Waals surface area (Å²) in [5, 5.41) is 7.65. The van der Waals surface area contributed by atoms with E-state index in [0.717, 1.165) is 22.4 Å². The molecule has 0 bridgehead atoms. The number of fused-ring (bicyclic) bond motifs is 1. The molecule has 2 heterocycles. The predicted octanol–water partition coefficient (Wildman–Crippen LogP) is 3.66. The molecular weight excluding hydrogens is 366 g/mol. The van der Waals surface area contributed by atoms with Gasteiger partial charge in [-0.15, -0.1) is 0 Å². The molecule has 6 nitrogen and oxygen atoms in total. The first-order valence-corrected chi connectivity index (χ1v) is 9.33. The van der Waals surface area contributed by atoms with Crippen LogP contribution in [0, 0.1) is 13.8 Å². The van der Waals surface area contributed by atoms with Gasteiger partial charge in [0.15, 0.2) is 11.2 Å². The SMILES string of the molecule is Cc1cc2oc(C(=O)NC(c3ccccc3)c3ccnn3C)cc(=O)c2cc1C. The van der Waals surface area contributed by atoms with Gasteiger partial charge in [0.2, 0.25) is 0 Å². The summed E-state index contributed by atoms with van der Waals surface area (Å²) in [6.45, 7) is 3.88. The van der Waals surface area contributed by atoms with Crippen LogP contribution in [-0.4, -0.2) is 15.7 Å². The quantitative estimate of drug-likeness (QED) is 0.580. The van der Waals surface area contributed by atoms with E-state index >= 15 is 0 Å². The number of nitrogens with zero attached hydrogens (tertiary/aromatic N) is 2. The summed E-state index contributed by atoms with van der Waals surface area (Å²) in [5.41, 5.74) is 3.88. The van der Waals surface area contributed by atoms with Gasteiger partial charge in [-0.1, -0.05) is 30.3 Å². The van der Waals surface area contributed by atoms with Crippen molar-refractivity contribution in [2.75, 3.05) is 0 Å². The van der Waals surface area contributed by atoms with Gasteiger partial charge >= 0.3 is 0 Å². The second kappa shape index (κ2) is 7.39. The van der Waals surface area contributed by atoms with Crippen LogP contribution in [0.15, 0.2) is 70.0 Å². The number of benzene rings is 2. The van der Waals surface area contributed by atoms with Gasteiger partial charge in [-0.05, 0) is 48.7 Å². The topological polar surface area (TPSA) is 77.1 Å². The molecule has 0 radical (unpaired) electrons. The minimum atomic E-state index is -0.461. The molecule has 2 aromatic carbocycles.